The number of para-hydroxylation sites is 1. The number of rotatable bonds is 5. The van der Waals surface area contributed by atoms with Gasteiger partial charge in [-0.15, -0.1) is 0 Å². The van der Waals surface area contributed by atoms with Crippen molar-refractivity contribution in [1.82, 2.24) is 5.32 Å². The van der Waals surface area contributed by atoms with E-state index in [1.807, 2.05) is 0 Å². The molecule has 0 aromatic heterocycles. The highest BCUT2D eigenvalue weighted by Crippen LogP contribution is 2.23. The maximum absolute atomic E-state index is 12.0. The first-order valence-corrected chi connectivity index (χ1v) is 5.92. The summed E-state index contributed by atoms with van der Waals surface area (Å²) in [6.07, 6.45) is 0. The number of hydrogen-bond donors (Lipinski definition) is 2. The molecule has 0 aliphatic rings. The lowest BCUT2D eigenvalue weighted by Gasteiger charge is -2.19. The molecule has 0 radical (unpaired) electrons. The summed E-state index contributed by atoms with van der Waals surface area (Å²) in [4.78, 5) is 33.3. The van der Waals surface area contributed by atoms with Crippen LogP contribution in [0.4, 0.5) is 5.69 Å². The van der Waals surface area contributed by atoms with Crippen LogP contribution in [0.2, 0.25) is 0 Å². The molecule has 0 spiro atoms. The summed E-state index contributed by atoms with van der Waals surface area (Å²) in [6.45, 7) is 4.34. The number of carbonyl (C=O) groups excluding carboxylic acids is 1. The number of nitrogens with one attached hydrogen (secondary N) is 1. The van der Waals surface area contributed by atoms with Crippen molar-refractivity contribution in [2.75, 3.05) is 6.54 Å². The molecule has 7 heteroatoms. The van der Waals surface area contributed by atoms with Crippen LogP contribution >= 0.6 is 0 Å². The molecule has 0 aliphatic carbocycles. The van der Waals surface area contributed by atoms with Gasteiger partial charge in [-0.1, -0.05) is 12.1 Å². The van der Waals surface area contributed by atoms with E-state index in [1.165, 1.54) is 32.9 Å². The number of benzene rings is 1. The van der Waals surface area contributed by atoms with Crippen molar-refractivity contribution >= 4 is 17.6 Å². The fourth-order valence-corrected chi connectivity index (χ4v) is 1.56. The minimum absolute atomic E-state index is 0.0730. The zero-order valence-electron chi connectivity index (χ0n) is 11.5. The van der Waals surface area contributed by atoms with Gasteiger partial charge in [0.25, 0.3) is 11.6 Å². The van der Waals surface area contributed by atoms with Gasteiger partial charge in [-0.3, -0.25) is 19.7 Å². The smallest absolute Gasteiger partial charge is 0.310 e. The van der Waals surface area contributed by atoms with Crippen LogP contribution in [0.5, 0.6) is 0 Å². The van der Waals surface area contributed by atoms with E-state index in [1.54, 1.807) is 6.07 Å². The second-order valence-corrected chi connectivity index (χ2v) is 5.10. The van der Waals surface area contributed by atoms with E-state index >= 15 is 0 Å². The van der Waals surface area contributed by atoms with Crippen molar-refractivity contribution in [3.05, 3.63) is 39.4 Å². The normalized spacial score (nSPS) is 10.9. The Morgan fingerprint density at radius 3 is 2.50 bits per heavy atom. The lowest BCUT2D eigenvalue weighted by Crippen LogP contribution is -2.39. The molecule has 0 unspecified atom stereocenters. The largest absolute Gasteiger partial charge is 0.481 e. The van der Waals surface area contributed by atoms with Crippen LogP contribution in [0, 0.1) is 22.5 Å². The molecular weight excluding hydrogens is 264 g/mol. The highest BCUT2D eigenvalue weighted by molar-refractivity contribution is 5.98. The van der Waals surface area contributed by atoms with Crippen molar-refractivity contribution in [2.24, 2.45) is 5.41 Å². The number of nitro benzene ring substituents is 1. The molecule has 108 valence electrons. The number of carbonyl (C=O) groups is 2. The number of nitro groups is 1. The third-order valence-electron chi connectivity index (χ3n) is 2.93. The number of hydrogen-bond acceptors (Lipinski definition) is 4. The van der Waals surface area contributed by atoms with Crippen LogP contribution < -0.4 is 5.32 Å². The zero-order valence-corrected chi connectivity index (χ0v) is 11.5. The van der Waals surface area contributed by atoms with Crippen LogP contribution in [-0.2, 0) is 4.79 Å². The Bertz CT molecular complexity index is 566. The van der Waals surface area contributed by atoms with Gasteiger partial charge < -0.3 is 10.4 Å². The molecule has 7 nitrogen and oxygen atoms in total. The molecule has 0 aliphatic heterocycles. The van der Waals surface area contributed by atoms with Crippen LogP contribution in [0.25, 0.3) is 0 Å². The Hall–Kier alpha value is -2.44. The average Bonchev–Trinajstić information content (AvgIpc) is 2.35. The molecular formula is C13H16N2O5. The molecule has 1 rings (SSSR count). The maximum Gasteiger partial charge on any atom is 0.310 e. The van der Waals surface area contributed by atoms with Gasteiger partial charge >= 0.3 is 5.97 Å². The van der Waals surface area contributed by atoms with Crippen LogP contribution in [0.1, 0.15) is 29.8 Å². The number of aliphatic carboxylic acids is 1. The fourth-order valence-electron chi connectivity index (χ4n) is 1.56. The van der Waals surface area contributed by atoms with E-state index in [0.717, 1.165) is 0 Å². The molecule has 0 saturated carbocycles. The van der Waals surface area contributed by atoms with Crippen LogP contribution in [0.15, 0.2) is 18.2 Å². The van der Waals surface area contributed by atoms with Crippen molar-refractivity contribution in [1.29, 1.82) is 0 Å². The summed E-state index contributed by atoms with van der Waals surface area (Å²) >= 11 is 0. The molecule has 0 bridgehead atoms. The molecule has 2 N–H and O–H groups in total. The number of amides is 1. The Morgan fingerprint density at radius 1 is 1.40 bits per heavy atom. The van der Waals surface area contributed by atoms with Gasteiger partial charge in [-0.2, -0.15) is 0 Å². The summed E-state index contributed by atoms with van der Waals surface area (Å²) in [5.74, 6) is -1.72. The minimum atomic E-state index is -1.14. The molecule has 1 amide bonds. The number of nitrogens with zero attached hydrogens (tertiary/aromatic N) is 1. The predicted octanol–water partition coefficient (Wildman–Crippen LogP) is 1.74. The highest BCUT2D eigenvalue weighted by atomic mass is 16.6. The summed E-state index contributed by atoms with van der Waals surface area (Å²) in [5, 5.41) is 22.4. The first kappa shape index (κ1) is 15.6. The molecule has 1 aromatic rings. The van der Waals surface area contributed by atoms with Gasteiger partial charge in [0.15, 0.2) is 0 Å². The number of aryl methyl sites for hydroxylation is 1. The van der Waals surface area contributed by atoms with E-state index in [9.17, 15) is 19.7 Å². The van der Waals surface area contributed by atoms with E-state index < -0.39 is 22.2 Å². The van der Waals surface area contributed by atoms with Crippen molar-refractivity contribution < 1.29 is 19.6 Å². The van der Waals surface area contributed by atoms with Crippen LogP contribution in [0.3, 0.4) is 0 Å². The lowest BCUT2D eigenvalue weighted by molar-refractivity contribution is -0.385. The van der Waals surface area contributed by atoms with Crippen molar-refractivity contribution in [3.8, 4) is 0 Å². The van der Waals surface area contributed by atoms with Crippen molar-refractivity contribution in [3.63, 3.8) is 0 Å². The predicted molar refractivity (Wildman–Crippen MR) is 71.6 cm³/mol. The summed E-state index contributed by atoms with van der Waals surface area (Å²) < 4.78 is 0. The molecule has 0 saturated heterocycles. The highest BCUT2D eigenvalue weighted by Gasteiger charge is 2.29. The van der Waals surface area contributed by atoms with Gasteiger partial charge in [0.05, 0.1) is 10.3 Å². The zero-order chi connectivity index (χ0) is 15.5. The number of carboxylic acid groups (broad SMARTS) is 1. The first-order chi connectivity index (χ1) is 9.16. The standard InChI is InChI=1S/C13H16N2O5/c1-8-5-4-6-9(10(8)15(19)20)11(16)14-7-13(2,3)12(17)18/h4-6H,7H2,1-3H3,(H,14,16)(H,17,18). The third kappa shape index (κ3) is 3.31. The van der Waals surface area contributed by atoms with Crippen molar-refractivity contribution in [2.45, 2.75) is 20.8 Å². The third-order valence-corrected chi connectivity index (χ3v) is 2.93. The summed E-state index contributed by atoms with van der Waals surface area (Å²) in [7, 11) is 0. The monoisotopic (exact) mass is 280 g/mol. The Labute approximate surface area is 115 Å². The lowest BCUT2D eigenvalue weighted by atomic mass is 9.94. The summed E-state index contributed by atoms with van der Waals surface area (Å²) in [5.41, 5.74) is -1.11. The Kier molecular flexibility index (Phi) is 4.44. The Morgan fingerprint density at radius 2 is 2.00 bits per heavy atom. The van der Waals surface area contributed by atoms with E-state index in [-0.39, 0.29) is 17.8 Å². The fraction of sp³-hybridized carbons (Fsp3) is 0.385. The quantitative estimate of drug-likeness (QED) is 0.630. The van der Waals surface area contributed by atoms with Gasteiger partial charge in [-0.25, -0.2) is 0 Å². The van der Waals surface area contributed by atoms with Gasteiger partial charge in [-0.05, 0) is 26.8 Å². The second kappa shape index (κ2) is 5.68. The average molecular weight is 280 g/mol. The molecule has 20 heavy (non-hydrogen) atoms. The molecule has 0 fully saturated rings. The SMILES string of the molecule is Cc1cccc(C(=O)NCC(C)(C)C(=O)O)c1[N+](=O)[O-]. The Balaban J connectivity index is 2.97. The maximum atomic E-state index is 12.0. The number of carboxylic acids is 1. The van der Waals surface area contributed by atoms with E-state index in [4.69, 9.17) is 5.11 Å². The molecule has 0 atom stereocenters. The molecule has 1 aromatic carbocycles. The first-order valence-electron chi connectivity index (χ1n) is 5.92. The minimum Gasteiger partial charge on any atom is -0.481 e. The molecule has 0 heterocycles. The topological polar surface area (TPSA) is 110 Å². The summed E-state index contributed by atoms with van der Waals surface area (Å²) in [6, 6.07) is 4.42. The van der Waals surface area contributed by atoms with E-state index in [2.05, 4.69) is 5.32 Å². The van der Waals surface area contributed by atoms with Crippen LogP contribution in [-0.4, -0.2) is 28.5 Å². The second-order valence-electron chi connectivity index (χ2n) is 5.10. The van der Waals surface area contributed by atoms with E-state index in [0.29, 0.717) is 5.56 Å². The van der Waals surface area contributed by atoms with Gasteiger partial charge in [0.1, 0.15) is 5.56 Å². The van der Waals surface area contributed by atoms with Gasteiger partial charge in [0.2, 0.25) is 0 Å². The van der Waals surface area contributed by atoms with Gasteiger partial charge in [0, 0.05) is 12.1 Å².